The summed E-state index contributed by atoms with van der Waals surface area (Å²) in [5.41, 5.74) is 6.85. The molecule has 0 bridgehead atoms. The highest BCUT2D eigenvalue weighted by Gasteiger charge is 2.47. The predicted molar refractivity (Wildman–Crippen MR) is 220 cm³/mol. The smallest absolute Gasteiger partial charge is 0.242 e. The van der Waals surface area contributed by atoms with E-state index in [2.05, 4.69) is 179 Å². The Bertz CT molecular complexity index is 2060. The number of hydrogen-bond acceptors (Lipinski definition) is 4. The molecule has 0 amide bonds. The summed E-state index contributed by atoms with van der Waals surface area (Å²) in [5, 5.41) is 0. The zero-order valence-corrected chi connectivity index (χ0v) is 34.1. The van der Waals surface area contributed by atoms with Crippen molar-refractivity contribution in [3.63, 3.8) is 0 Å². The van der Waals surface area contributed by atoms with Crippen LogP contribution in [0.2, 0.25) is 39.3 Å². The predicted octanol–water partition coefficient (Wildman–Crippen LogP) is 11.6. The third kappa shape index (κ3) is 6.93. The third-order valence-corrected chi connectivity index (χ3v) is 13.2. The molecule has 0 spiro atoms. The normalized spacial score (nSPS) is 13.3. The van der Waals surface area contributed by atoms with Gasteiger partial charge in [0, 0.05) is 6.07 Å². The highest BCUT2D eigenvalue weighted by atomic mass is 32.2. The lowest BCUT2D eigenvalue weighted by atomic mass is 9.68. The Morgan fingerprint density at radius 3 is 1.27 bits per heavy atom. The van der Waals surface area contributed by atoms with Crippen LogP contribution in [-0.4, -0.2) is 30.9 Å². The number of ether oxygens (including phenoxy) is 2. The van der Waals surface area contributed by atoms with Crippen molar-refractivity contribution in [2.45, 2.75) is 59.4 Å². The maximum atomic E-state index is 6.36. The Labute approximate surface area is 314 Å². The SMILES string of the molecule is COc1ccc(C2(c3ccc(OC)cc3)c3ccccc3-c3cc([S+](c4ccc(O[Si](C)(C)C)cc4)c4ccc(O[Si](C)(C)C)cc4)ccc32)cc1. The van der Waals surface area contributed by atoms with Crippen LogP contribution in [0.3, 0.4) is 0 Å². The molecule has 0 aliphatic heterocycles. The maximum Gasteiger partial charge on any atom is 0.242 e. The van der Waals surface area contributed by atoms with E-state index in [-0.39, 0.29) is 0 Å². The minimum absolute atomic E-state index is 0.391. The summed E-state index contributed by atoms with van der Waals surface area (Å²) < 4.78 is 23.9. The van der Waals surface area contributed by atoms with Gasteiger partial charge >= 0.3 is 0 Å². The lowest BCUT2D eigenvalue weighted by Gasteiger charge is -2.34. The molecule has 52 heavy (non-hydrogen) atoms. The molecule has 0 atom stereocenters. The average Bonchev–Trinajstić information content (AvgIpc) is 3.42. The number of methoxy groups -OCH3 is 2. The average molecular weight is 740 g/mol. The minimum atomic E-state index is -1.75. The van der Waals surface area contributed by atoms with E-state index in [4.69, 9.17) is 18.3 Å². The fraction of sp³-hybridized carbons (Fsp3) is 0.200. The molecule has 0 heterocycles. The molecule has 1 aliphatic carbocycles. The molecule has 0 unspecified atom stereocenters. The Kier molecular flexibility index (Phi) is 9.63. The van der Waals surface area contributed by atoms with Gasteiger partial charge in [-0.2, -0.15) is 0 Å². The van der Waals surface area contributed by atoms with E-state index >= 15 is 0 Å². The van der Waals surface area contributed by atoms with E-state index in [0.29, 0.717) is 0 Å². The van der Waals surface area contributed by atoms with Crippen LogP contribution in [0.25, 0.3) is 11.1 Å². The highest BCUT2D eigenvalue weighted by Crippen LogP contribution is 2.57. The molecular formula is C45H47O4SSi2+. The summed E-state index contributed by atoms with van der Waals surface area (Å²) in [6.45, 7) is 13.3. The summed E-state index contributed by atoms with van der Waals surface area (Å²) in [5.74, 6) is 3.53. The van der Waals surface area contributed by atoms with Gasteiger partial charge in [-0.05, 0) is 152 Å². The van der Waals surface area contributed by atoms with Crippen LogP contribution in [0.5, 0.6) is 23.0 Å². The first kappa shape index (κ1) is 35.7. The van der Waals surface area contributed by atoms with Gasteiger partial charge < -0.3 is 18.3 Å². The van der Waals surface area contributed by atoms with Crippen LogP contribution in [-0.2, 0) is 16.3 Å². The lowest BCUT2D eigenvalue weighted by molar-refractivity contribution is 0.414. The van der Waals surface area contributed by atoms with Gasteiger partial charge in [0.1, 0.15) is 23.0 Å². The first-order chi connectivity index (χ1) is 24.9. The van der Waals surface area contributed by atoms with E-state index in [1.54, 1.807) is 14.2 Å². The van der Waals surface area contributed by atoms with Crippen molar-refractivity contribution in [3.8, 4) is 34.1 Å². The Morgan fingerprint density at radius 1 is 0.423 bits per heavy atom. The second kappa shape index (κ2) is 14.0. The molecule has 0 radical (unpaired) electrons. The first-order valence-corrected chi connectivity index (χ1v) is 25.8. The summed E-state index contributed by atoms with van der Waals surface area (Å²) in [6, 6.07) is 50.6. The van der Waals surface area contributed by atoms with Gasteiger partial charge in [0.2, 0.25) is 16.6 Å². The van der Waals surface area contributed by atoms with E-state index in [1.807, 2.05) is 0 Å². The molecule has 264 valence electrons. The molecule has 1 aliphatic rings. The van der Waals surface area contributed by atoms with E-state index in [0.717, 1.165) is 23.0 Å². The van der Waals surface area contributed by atoms with Gasteiger partial charge in [-0.15, -0.1) is 0 Å². The zero-order chi connectivity index (χ0) is 36.7. The second-order valence-corrected chi connectivity index (χ2v) is 26.0. The summed E-state index contributed by atoms with van der Waals surface area (Å²) in [7, 11) is -0.450. The molecule has 4 nitrogen and oxygen atoms in total. The quantitative estimate of drug-likeness (QED) is 0.0978. The van der Waals surface area contributed by atoms with Gasteiger partial charge in [-0.25, -0.2) is 0 Å². The van der Waals surface area contributed by atoms with Crippen molar-refractivity contribution < 1.29 is 18.3 Å². The van der Waals surface area contributed by atoms with Crippen LogP contribution in [0.4, 0.5) is 0 Å². The molecule has 0 aromatic heterocycles. The molecule has 7 rings (SSSR count). The molecule has 7 heteroatoms. The van der Waals surface area contributed by atoms with E-state index in [1.165, 1.54) is 48.1 Å². The second-order valence-electron chi connectivity index (χ2n) is 15.1. The molecule has 6 aromatic rings. The maximum absolute atomic E-state index is 6.36. The lowest BCUT2D eigenvalue weighted by Crippen LogP contribution is -2.29. The molecule has 0 saturated carbocycles. The van der Waals surface area contributed by atoms with Crippen LogP contribution in [0.1, 0.15) is 22.3 Å². The van der Waals surface area contributed by atoms with Crippen molar-refractivity contribution in [2.24, 2.45) is 0 Å². The Balaban J connectivity index is 1.42. The van der Waals surface area contributed by atoms with Crippen molar-refractivity contribution in [3.05, 3.63) is 162 Å². The zero-order valence-electron chi connectivity index (χ0n) is 31.3. The van der Waals surface area contributed by atoms with Crippen LogP contribution in [0, 0.1) is 0 Å². The van der Waals surface area contributed by atoms with E-state index in [9.17, 15) is 0 Å². The van der Waals surface area contributed by atoms with Gasteiger partial charge in [0.25, 0.3) is 0 Å². The van der Waals surface area contributed by atoms with Crippen LogP contribution >= 0.6 is 0 Å². The number of hydrogen-bond donors (Lipinski definition) is 0. The monoisotopic (exact) mass is 739 g/mol. The summed E-state index contributed by atoms with van der Waals surface area (Å²) in [6.07, 6.45) is 0. The summed E-state index contributed by atoms with van der Waals surface area (Å²) in [4.78, 5) is 3.74. The standard InChI is InChI=1S/C45H47O4SSi2/c1-46-34-17-13-32(14-18-34)45(33-15-19-35(47-2)20-16-33)43-12-10-9-11-41(43)42-31-40(29-30-44(42)45)50(38-25-21-36(22-26-38)48-51(3,4)5)39-27-23-37(24-28-39)49-52(6,7)8/h9-31H,1-8H3/q+1. The van der Waals surface area contributed by atoms with Gasteiger partial charge in [-0.1, -0.05) is 54.6 Å². The van der Waals surface area contributed by atoms with E-state index < -0.39 is 32.9 Å². The summed E-state index contributed by atoms with van der Waals surface area (Å²) >= 11 is 0. The molecular weight excluding hydrogens is 693 g/mol. The van der Waals surface area contributed by atoms with Gasteiger partial charge in [0.05, 0.1) is 30.5 Å². The van der Waals surface area contributed by atoms with Crippen molar-refractivity contribution >= 4 is 27.5 Å². The number of benzene rings is 6. The highest BCUT2D eigenvalue weighted by molar-refractivity contribution is 7.97. The molecule has 6 aromatic carbocycles. The largest absolute Gasteiger partial charge is 0.544 e. The topological polar surface area (TPSA) is 36.9 Å². The van der Waals surface area contributed by atoms with Crippen molar-refractivity contribution in [1.82, 2.24) is 0 Å². The number of fused-ring (bicyclic) bond motifs is 3. The fourth-order valence-corrected chi connectivity index (χ4v) is 11.0. The Hall–Kier alpha value is -4.70. The Morgan fingerprint density at radius 2 is 0.827 bits per heavy atom. The van der Waals surface area contributed by atoms with Gasteiger partial charge in [0.15, 0.2) is 14.7 Å². The molecule has 0 fully saturated rings. The molecule has 0 N–H and O–H groups in total. The number of rotatable bonds is 11. The third-order valence-electron chi connectivity index (χ3n) is 9.26. The van der Waals surface area contributed by atoms with Crippen LogP contribution in [0.15, 0.2) is 154 Å². The van der Waals surface area contributed by atoms with Crippen LogP contribution < -0.4 is 18.3 Å². The molecule has 0 saturated heterocycles. The first-order valence-electron chi connectivity index (χ1n) is 17.8. The van der Waals surface area contributed by atoms with Crippen molar-refractivity contribution in [2.75, 3.05) is 14.2 Å². The minimum Gasteiger partial charge on any atom is -0.544 e. The fourth-order valence-electron chi connectivity index (χ4n) is 7.26. The van der Waals surface area contributed by atoms with Gasteiger partial charge in [-0.3, -0.25) is 0 Å². The van der Waals surface area contributed by atoms with Crippen molar-refractivity contribution in [1.29, 1.82) is 0 Å².